The van der Waals surface area contributed by atoms with Crippen molar-refractivity contribution in [3.05, 3.63) is 21.3 Å². The molecule has 0 aliphatic carbocycles. The molecule has 0 amide bonds. The molecular weight excluding hydrogens is 310 g/mol. The highest BCUT2D eigenvalue weighted by Gasteiger charge is 2.15. The van der Waals surface area contributed by atoms with Crippen molar-refractivity contribution in [3.8, 4) is 0 Å². The Hall–Kier alpha value is 0.380. The monoisotopic (exact) mass is 317 g/mol. The summed E-state index contributed by atoms with van der Waals surface area (Å²) in [5.74, 6) is 0. The minimum Gasteiger partial charge on any atom is -0.212 e. The van der Waals surface area contributed by atoms with Gasteiger partial charge in [0.25, 0.3) is 0 Å². The average Bonchev–Trinajstić information content (AvgIpc) is 2.51. The molecule has 1 unspecified atom stereocenters. The first-order valence-corrected chi connectivity index (χ1v) is 7.72. The molecule has 0 aromatic carbocycles. The van der Waals surface area contributed by atoms with Crippen LogP contribution in [-0.4, -0.2) is 13.1 Å². The third-order valence-electron chi connectivity index (χ3n) is 1.52. The van der Waals surface area contributed by atoms with Gasteiger partial charge in [0.15, 0.2) is 0 Å². The second kappa shape index (κ2) is 4.94. The smallest absolute Gasteiger partial charge is 0.212 e. The topological polar surface area (TPSA) is 46.2 Å². The highest BCUT2D eigenvalue weighted by atomic mass is 79.9. The molecule has 1 heterocycles. The molecule has 0 aliphatic heterocycles. The van der Waals surface area contributed by atoms with Gasteiger partial charge in [0, 0.05) is 4.88 Å². The third kappa shape index (κ3) is 3.51. The van der Waals surface area contributed by atoms with E-state index in [1.165, 1.54) is 11.3 Å². The molecule has 1 aromatic rings. The van der Waals surface area contributed by atoms with Gasteiger partial charge in [0.2, 0.25) is 10.0 Å². The summed E-state index contributed by atoms with van der Waals surface area (Å²) in [6.07, 6.45) is 0. The molecule has 0 fully saturated rings. The quantitative estimate of drug-likeness (QED) is 0.868. The Balaban J connectivity index is 2.73. The van der Waals surface area contributed by atoms with E-state index in [-0.39, 0.29) is 10.7 Å². The lowest BCUT2D eigenvalue weighted by Crippen LogP contribution is -2.26. The van der Waals surface area contributed by atoms with E-state index in [0.29, 0.717) is 4.34 Å². The van der Waals surface area contributed by atoms with Gasteiger partial charge in [-0.2, -0.15) is 0 Å². The Morgan fingerprint density at radius 2 is 2.29 bits per heavy atom. The lowest BCUT2D eigenvalue weighted by atomic mass is 10.3. The summed E-state index contributed by atoms with van der Waals surface area (Å²) in [6.45, 7) is 1.78. The van der Waals surface area contributed by atoms with E-state index in [1.807, 2.05) is 6.07 Å². The number of rotatable bonds is 4. The molecule has 0 saturated carbocycles. The number of alkyl halides is 1. The lowest BCUT2D eigenvalue weighted by Gasteiger charge is -2.10. The molecule has 7 heteroatoms. The van der Waals surface area contributed by atoms with E-state index in [4.69, 9.17) is 11.6 Å². The summed E-state index contributed by atoms with van der Waals surface area (Å²) < 4.78 is 25.5. The summed E-state index contributed by atoms with van der Waals surface area (Å²) in [5, 5.41) is 0. The predicted octanol–water partition coefficient (Wildman–Crippen LogP) is 2.73. The summed E-state index contributed by atoms with van der Waals surface area (Å²) in [6, 6.07) is 3.32. The van der Waals surface area contributed by atoms with Crippen LogP contribution in [0.15, 0.2) is 12.1 Å². The van der Waals surface area contributed by atoms with Crippen molar-refractivity contribution in [3.63, 3.8) is 0 Å². The number of halogens is 2. The molecule has 1 N–H and O–H groups in total. The number of thiophene rings is 1. The van der Waals surface area contributed by atoms with Gasteiger partial charge in [-0.05, 0) is 19.1 Å². The maximum atomic E-state index is 11.2. The van der Waals surface area contributed by atoms with E-state index in [2.05, 4.69) is 20.7 Å². The highest BCUT2D eigenvalue weighted by molar-refractivity contribution is 9.10. The second-order valence-electron chi connectivity index (χ2n) is 2.71. The van der Waals surface area contributed by atoms with Crippen LogP contribution in [0.3, 0.4) is 0 Å². The van der Waals surface area contributed by atoms with E-state index in [1.54, 1.807) is 13.0 Å². The van der Waals surface area contributed by atoms with Crippen LogP contribution in [0.5, 0.6) is 0 Å². The van der Waals surface area contributed by atoms with Gasteiger partial charge in [-0.25, -0.2) is 13.1 Å². The average molecular weight is 319 g/mol. The Labute approximate surface area is 101 Å². The maximum Gasteiger partial charge on any atom is 0.222 e. The van der Waals surface area contributed by atoms with Crippen LogP contribution in [-0.2, 0) is 10.0 Å². The van der Waals surface area contributed by atoms with Gasteiger partial charge in [-0.3, -0.25) is 0 Å². The van der Waals surface area contributed by atoms with Crippen molar-refractivity contribution in [2.45, 2.75) is 13.0 Å². The Morgan fingerprint density at radius 1 is 1.64 bits per heavy atom. The Kier molecular flexibility index (Phi) is 4.39. The number of hydrogen-bond acceptors (Lipinski definition) is 3. The summed E-state index contributed by atoms with van der Waals surface area (Å²) in [7, 11) is -3.23. The number of sulfonamides is 1. The summed E-state index contributed by atoms with van der Waals surface area (Å²) >= 11 is 10.0. The molecule has 1 atom stereocenters. The zero-order chi connectivity index (χ0) is 10.8. The van der Waals surface area contributed by atoms with Crippen molar-refractivity contribution >= 4 is 48.9 Å². The van der Waals surface area contributed by atoms with Crippen LogP contribution < -0.4 is 4.72 Å². The van der Waals surface area contributed by atoms with Gasteiger partial charge >= 0.3 is 0 Å². The van der Waals surface area contributed by atoms with E-state index >= 15 is 0 Å². The first kappa shape index (κ1) is 12.4. The molecule has 14 heavy (non-hydrogen) atoms. The Bertz CT molecular complexity index is 404. The molecule has 0 spiro atoms. The maximum absolute atomic E-state index is 11.2. The van der Waals surface area contributed by atoms with E-state index in [0.717, 1.165) is 4.88 Å². The van der Waals surface area contributed by atoms with Crippen molar-refractivity contribution in [1.29, 1.82) is 0 Å². The molecule has 0 radical (unpaired) electrons. The van der Waals surface area contributed by atoms with Gasteiger partial charge in [-0.1, -0.05) is 27.5 Å². The molecule has 80 valence electrons. The second-order valence-corrected chi connectivity index (χ2v) is 7.51. The fraction of sp³-hybridized carbons (Fsp3) is 0.429. The van der Waals surface area contributed by atoms with Gasteiger partial charge in [-0.15, -0.1) is 11.3 Å². The first-order valence-electron chi connectivity index (χ1n) is 3.76. The van der Waals surface area contributed by atoms with Crippen LogP contribution in [0.4, 0.5) is 0 Å². The number of nitrogens with one attached hydrogen (secondary N) is 1. The van der Waals surface area contributed by atoms with Crippen LogP contribution >= 0.6 is 38.9 Å². The van der Waals surface area contributed by atoms with Crippen LogP contribution in [0, 0.1) is 0 Å². The van der Waals surface area contributed by atoms with Crippen molar-refractivity contribution in [2.24, 2.45) is 0 Å². The minimum absolute atomic E-state index is 0.0938. The highest BCUT2D eigenvalue weighted by Crippen LogP contribution is 2.26. The van der Waals surface area contributed by atoms with E-state index in [9.17, 15) is 8.42 Å². The predicted molar refractivity (Wildman–Crippen MR) is 63.6 cm³/mol. The third-order valence-corrected chi connectivity index (χ3v) is 5.74. The molecule has 1 aromatic heterocycles. The SMILES string of the molecule is CC(NS(=O)(=O)CBr)c1ccc(Cl)s1. The zero-order valence-corrected chi connectivity index (χ0v) is 11.3. The Morgan fingerprint density at radius 3 is 2.71 bits per heavy atom. The van der Waals surface area contributed by atoms with Gasteiger partial charge in [0.1, 0.15) is 4.66 Å². The van der Waals surface area contributed by atoms with Crippen LogP contribution in [0.2, 0.25) is 4.34 Å². The first-order chi connectivity index (χ1) is 6.44. The minimum atomic E-state index is -3.23. The fourth-order valence-corrected chi connectivity index (χ4v) is 3.18. The van der Waals surface area contributed by atoms with Crippen molar-refractivity contribution < 1.29 is 8.42 Å². The standard InChI is InChI=1S/C7H9BrClNO2S2/c1-5(10-14(11,12)4-8)6-2-3-7(9)13-6/h2-3,5,10H,4H2,1H3. The molecule has 0 bridgehead atoms. The normalized spacial score (nSPS) is 14.2. The fourth-order valence-electron chi connectivity index (χ4n) is 0.920. The molecule has 0 saturated heterocycles. The lowest BCUT2D eigenvalue weighted by molar-refractivity contribution is 0.574. The van der Waals surface area contributed by atoms with Gasteiger partial charge < -0.3 is 0 Å². The van der Waals surface area contributed by atoms with Crippen molar-refractivity contribution in [1.82, 2.24) is 4.72 Å². The van der Waals surface area contributed by atoms with Crippen molar-refractivity contribution in [2.75, 3.05) is 4.66 Å². The van der Waals surface area contributed by atoms with Gasteiger partial charge in [0.05, 0.1) is 10.4 Å². The summed E-state index contributed by atoms with van der Waals surface area (Å²) in [4.78, 5) is 0.902. The molecule has 0 aliphatic rings. The van der Waals surface area contributed by atoms with E-state index < -0.39 is 10.0 Å². The number of hydrogen-bond donors (Lipinski definition) is 1. The zero-order valence-electron chi connectivity index (χ0n) is 7.33. The van der Waals surface area contributed by atoms with Crippen LogP contribution in [0.1, 0.15) is 17.8 Å². The van der Waals surface area contributed by atoms with Crippen LogP contribution in [0.25, 0.3) is 0 Å². The molecular formula is C7H9BrClNO2S2. The largest absolute Gasteiger partial charge is 0.222 e. The molecule has 1 rings (SSSR count). The molecule has 3 nitrogen and oxygen atoms in total. The summed E-state index contributed by atoms with van der Waals surface area (Å²) in [5.41, 5.74) is 0.